The normalized spacial score (nSPS) is 10.7. The molecule has 0 saturated carbocycles. The number of nitrogens with zero attached hydrogens (tertiary/aromatic N) is 3. The number of nitrogens with one attached hydrogen (secondary N) is 1. The highest BCUT2D eigenvalue weighted by atomic mass is 32.2. The largest absolute Gasteiger partial charge is 0.325 e. The first-order valence-electron chi connectivity index (χ1n) is 9.37. The van der Waals surface area contributed by atoms with E-state index in [9.17, 15) is 9.18 Å². The fourth-order valence-corrected chi connectivity index (χ4v) is 3.71. The van der Waals surface area contributed by atoms with Gasteiger partial charge in [0.2, 0.25) is 5.91 Å². The molecule has 0 atom stereocenters. The molecule has 1 N–H and O–H groups in total. The molecule has 0 bridgehead atoms. The minimum atomic E-state index is -0.378. The first-order valence-corrected chi connectivity index (χ1v) is 10.4. The first kappa shape index (κ1) is 19.8. The van der Waals surface area contributed by atoms with Gasteiger partial charge in [-0.05, 0) is 43.3 Å². The SMILES string of the molecule is Cc1ccc(-n2c(SCC(=O)Nc3ccccc3)nnc2-c2ccccc2F)cc1. The first-order chi connectivity index (χ1) is 14.6. The van der Waals surface area contributed by atoms with Gasteiger partial charge < -0.3 is 5.32 Å². The molecule has 30 heavy (non-hydrogen) atoms. The lowest BCUT2D eigenvalue weighted by atomic mass is 10.2. The van der Waals surface area contributed by atoms with Gasteiger partial charge in [0.15, 0.2) is 11.0 Å². The Balaban J connectivity index is 1.64. The molecule has 1 amide bonds. The van der Waals surface area contributed by atoms with Crippen molar-refractivity contribution >= 4 is 23.4 Å². The van der Waals surface area contributed by atoms with Crippen molar-refractivity contribution in [3.8, 4) is 17.1 Å². The Morgan fingerprint density at radius 2 is 1.67 bits per heavy atom. The van der Waals surface area contributed by atoms with Crippen molar-refractivity contribution in [2.45, 2.75) is 12.1 Å². The number of carbonyl (C=O) groups is 1. The maximum absolute atomic E-state index is 14.4. The monoisotopic (exact) mass is 418 g/mol. The van der Waals surface area contributed by atoms with E-state index in [1.807, 2.05) is 61.5 Å². The molecule has 5 nitrogen and oxygen atoms in total. The quantitative estimate of drug-likeness (QED) is 0.442. The van der Waals surface area contributed by atoms with E-state index >= 15 is 0 Å². The Labute approximate surface area is 178 Å². The van der Waals surface area contributed by atoms with Gasteiger partial charge in [-0.2, -0.15) is 0 Å². The van der Waals surface area contributed by atoms with Gasteiger partial charge in [0.05, 0.1) is 11.3 Å². The van der Waals surface area contributed by atoms with E-state index in [2.05, 4.69) is 15.5 Å². The van der Waals surface area contributed by atoms with Crippen molar-refractivity contribution in [1.29, 1.82) is 0 Å². The van der Waals surface area contributed by atoms with Gasteiger partial charge in [-0.3, -0.25) is 9.36 Å². The van der Waals surface area contributed by atoms with Gasteiger partial charge in [0, 0.05) is 11.4 Å². The Hall–Kier alpha value is -3.45. The number of anilines is 1. The van der Waals surface area contributed by atoms with E-state index in [0.717, 1.165) is 16.9 Å². The molecule has 0 radical (unpaired) electrons. The van der Waals surface area contributed by atoms with Crippen LogP contribution in [0.15, 0.2) is 84.0 Å². The number of halogens is 1. The summed E-state index contributed by atoms with van der Waals surface area (Å²) in [5.74, 6) is 0.00698. The standard InChI is InChI=1S/C23H19FN4OS/c1-16-11-13-18(14-12-16)28-22(19-9-5-6-10-20(19)24)26-27-23(28)30-15-21(29)25-17-7-3-2-4-8-17/h2-14H,15H2,1H3,(H,25,29). The molecule has 7 heteroatoms. The number of thioether (sulfide) groups is 1. The predicted molar refractivity (Wildman–Crippen MR) is 117 cm³/mol. The molecule has 1 aromatic heterocycles. The summed E-state index contributed by atoms with van der Waals surface area (Å²) < 4.78 is 16.2. The topological polar surface area (TPSA) is 59.8 Å². The zero-order valence-electron chi connectivity index (χ0n) is 16.2. The third kappa shape index (κ3) is 4.41. The number of hydrogen-bond donors (Lipinski definition) is 1. The van der Waals surface area contributed by atoms with Gasteiger partial charge >= 0.3 is 0 Å². The van der Waals surface area contributed by atoms with E-state index in [4.69, 9.17) is 0 Å². The van der Waals surface area contributed by atoms with Crippen molar-refractivity contribution < 1.29 is 9.18 Å². The fraction of sp³-hybridized carbons (Fsp3) is 0.0870. The number of amides is 1. The van der Waals surface area contributed by atoms with Gasteiger partial charge in [-0.15, -0.1) is 10.2 Å². The van der Waals surface area contributed by atoms with E-state index < -0.39 is 0 Å². The van der Waals surface area contributed by atoms with Crippen LogP contribution in [0.4, 0.5) is 10.1 Å². The number of para-hydroxylation sites is 1. The third-order valence-corrected chi connectivity index (χ3v) is 5.36. The van der Waals surface area contributed by atoms with Crippen LogP contribution in [0.3, 0.4) is 0 Å². The van der Waals surface area contributed by atoms with Crippen molar-refractivity contribution in [2.24, 2.45) is 0 Å². The van der Waals surface area contributed by atoms with E-state index in [0.29, 0.717) is 16.5 Å². The van der Waals surface area contributed by atoms with Crippen LogP contribution in [-0.2, 0) is 4.79 Å². The molecule has 150 valence electrons. The molecule has 0 unspecified atom stereocenters. The fourth-order valence-electron chi connectivity index (χ4n) is 2.96. The molecule has 0 aliphatic heterocycles. The molecule has 0 aliphatic rings. The minimum Gasteiger partial charge on any atom is -0.325 e. The molecule has 0 saturated heterocycles. The molecule has 4 rings (SSSR count). The van der Waals surface area contributed by atoms with Crippen LogP contribution < -0.4 is 5.32 Å². The number of aromatic nitrogens is 3. The van der Waals surface area contributed by atoms with Crippen LogP contribution in [0.1, 0.15) is 5.56 Å². The summed E-state index contributed by atoms with van der Waals surface area (Å²) in [6, 6.07) is 23.5. The highest BCUT2D eigenvalue weighted by molar-refractivity contribution is 7.99. The smallest absolute Gasteiger partial charge is 0.234 e. The summed E-state index contributed by atoms with van der Waals surface area (Å²) in [4.78, 5) is 12.4. The van der Waals surface area contributed by atoms with E-state index in [1.54, 1.807) is 22.8 Å². The maximum atomic E-state index is 14.4. The lowest BCUT2D eigenvalue weighted by Crippen LogP contribution is -2.14. The molecule has 0 fully saturated rings. The van der Waals surface area contributed by atoms with Crippen LogP contribution in [0.5, 0.6) is 0 Å². The number of aryl methyl sites for hydroxylation is 1. The molecular weight excluding hydrogens is 399 g/mol. The van der Waals surface area contributed by atoms with Crippen molar-refractivity contribution in [1.82, 2.24) is 14.8 Å². The summed E-state index contributed by atoms with van der Waals surface area (Å²) in [6.07, 6.45) is 0. The number of benzene rings is 3. The predicted octanol–water partition coefficient (Wildman–Crippen LogP) is 5.11. The summed E-state index contributed by atoms with van der Waals surface area (Å²) in [7, 11) is 0. The number of rotatable bonds is 6. The average molecular weight is 418 g/mol. The molecule has 0 aliphatic carbocycles. The molecule has 0 spiro atoms. The molecule has 3 aromatic carbocycles. The molecule has 1 heterocycles. The Bertz CT molecular complexity index is 1160. The third-order valence-electron chi connectivity index (χ3n) is 4.43. The summed E-state index contributed by atoms with van der Waals surface area (Å²) in [6.45, 7) is 2.00. The average Bonchev–Trinajstić information content (AvgIpc) is 3.17. The Morgan fingerprint density at radius 1 is 0.967 bits per heavy atom. The molecule has 4 aromatic rings. The number of carbonyl (C=O) groups excluding carboxylic acids is 1. The maximum Gasteiger partial charge on any atom is 0.234 e. The van der Waals surface area contributed by atoms with Crippen molar-refractivity contribution in [2.75, 3.05) is 11.1 Å². The zero-order valence-corrected chi connectivity index (χ0v) is 17.1. The summed E-state index contributed by atoms with van der Waals surface area (Å²) in [5, 5.41) is 11.8. The van der Waals surface area contributed by atoms with Crippen LogP contribution >= 0.6 is 11.8 Å². The van der Waals surface area contributed by atoms with Gasteiger partial charge in [0.1, 0.15) is 5.82 Å². The van der Waals surface area contributed by atoms with E-state index in [-0.39, 0.29) is 17.5 Å². The number of hydrogen-bond acceptors (Lipinski definition) is 4. The molecular formula is C23H19FN4OS. The van der Waals surface area contributed by atoms with Gasteiger partial charge in [-0.25, -0.2) is 4.39 Å². The second-order valence-electron chi connectivity index (χ2n) is 6.66. The van der Waals surface area contributed by atoms with Crippen molar-refractivity contribution in [3.05, 3.63) is 90.2 Å². The highest BCUT2D eigenvalue weighted by Crippen LogP contribution is 2.29. The minimum absolute atomic E-state index is 0.149. The van der Waals surface area contributed by atoms with Crippen LogP contribution in [-0.4, -0.2) is 26.4 Å². The Kier molecular flexibility index (Phi) is 5.90. The van der Waals surface area contributed by atoms with Crippen LogP contribution in [0.25, 0.3) is 17.1 Å². The second-order valence-corrected chi connectivity index (χ2v) is 7.60. The second kappa shape index (κ2) is 8.92. The Morgan fingerprint density at radius 3 is 2.40 bits per heavy atom. The van der Waals surface area contributed by atoms with Crippen LogP contribution in [0.2, 0.25) is 0 Å². The van der Waals surface area contributed by atoms with Crippen molar-refractivity contribution in [3.63, 3.8) is 0 Å². The highest BCUT2D eigenvalue weighted by Gasteiger charge is 2.19. The summed E-state index contributed by atoms with van der Waals surface area (Å²) in [5.41, 5.74) is 2.99. The lowest BCUT2D eigenvalue weighted by Gasteiger charge is -2.11. The zero-order chi connectivity index (χ0) is 20.9. The summed E-state index contributed by atoms with van der Waals surface area (Å²) >= 11 is 1.25. The van der Waals surface area contributed by atoms with Gasteiger partial charge in [0.25, 0.3) is 0 Å². The van der Waals surface area contributed by atoms with E-state index in [1.165, 1.54) is 17.8 Å². The van der Waals surface area contributed by atoms with Crippen LogP contribution in [0, 0.1) is 12.7 Å². The lowest BCUT2D eigenvalue weighted by molar-refractivity contribution is -0.113. The van der Waals surface area contributed by atoms with Gasteiger partial charge in [-0.1, -0.05) is 59.8 Å².